The summed E-state index contributed by atoms with van der Waals surface area (Å²) in [5, 5.41) is 119. The Morgan fingerprint density at radius 1 is 0.457 bits per heavy atom. The van der Waals surface area contributed by atoms with Gasteiger partial charge in [-0.1, -0.05) is 168 Å². The molecule has 0 bridgehead atoms. The summed E-state index contributed by atoms with van der Waals surface area (Å²) in [5.41, 5.74) is 0. The minimum absolute atomic E-state index is 0.255. The Labute approximate surface area is 417 Å². The molecule has 1 amide bonds. The molecule has 17 unspecified atom stereocenters. The van der Waals surface area contributed by atoms with Gasteiger partial charge in [0.1, 0.15) is 73.2 Å². The Morgan fingerprint density at radius 3 is 1.24 bits per heavy atom. The lowest BCUT2D eigenvalue weighted by Crippen LogP contribution is -2.66. The van der Waals surface area contributed by atoms with Crippen LogP contribution in [-0.4, -0.2) is 193 Å². The molecule has 3 rings (SSSR count). The molecule has 17 atom stereocenters. The molecule has 0 aromatic carbocycles. The van der Waals surface area contributed by atoms with Gasteiger partial charge < -0.3 is 89.9 Å². The molecule has 70 heavy (non-hydrogen) atoms. The highest BCUT2D eigenvalue weighted by Crippen LogP contribution is 2.33. The van der Waals surface area contributed by atoms with Gasteiger partial charge >= 0.3 is 0 Å². The summed E-state index contributed by atoms with van der Waals surface area (Å²) in [5.74, 6) is -0.266. The first-order valence-electron chi connectivity index (χ1n) is 27.3. The number of hydrogen-bond acceptors (Lipinski definition) is 18. The largest absolute Gasteiger partial charge is 0.394 e. The molecule has 19 heteroatoms. The summed E-state index contributed by atoms with van der Waals surface area (Å²) in [6.45, 7) is 1.60. The lowest BCUT2D eigenvalue weighted by atomic mass is 9.96. The van der Waals surface area contributed by atoms with Gasteiger partial charge in [0.2, 0.25) is 5.91 Å². The van der Waals surface area contributed by atoms with E-state index in [1.54, 1.807) is 0 Å². The fourth-order valence-corrected chi connectivity index (χ4v) is 9.61. The third kappa shape index (κ3) is 21.9. The molecule has 0 aliphatic carbocycles. The Bertz CT molecular complexity index is 1300. The van der Waals surface area contributed by atoms with E-state index in [1.165, 1.54) is 116 Å². The average molecular weight is 1010 g/mol. The van der Waals surface area contributed by atoms with Gasteiger partial charge in [-0.25, -0.2) is 0 Å². The molecule has 0 spiro atoms. The Kier molecular flexibility index (Phi) is 33.1. The van der Waals surface area contributed by atoms with E-state index in [-0.39, 0.29) is 18.9 Å². The minimum atomic E-state index is -1.97. The Morgan fingerprint density at radius 2 is 0.814 bits per heavy atom. The smallest absolute Gasteiger partial charge is 0.220 e. The Balaban J connectivity index is 1.40. The molecule has 0 saturated carbocycles. The Hall–Kier alpha value is -1.21. The molecule has 0 radical (unpaired) electrons. The second-order valence-electron chi connectivity index (χ2n) is 20.1. The van der Waals surface area contributed by atoms with Crippen molar-refractivity contribution in [3.05, 3.63) is 0 Å². The van der Waals surface area contributed by atoms with Gasteiger partial charge in [0.25, 0.3) is 0 Å². The van der Waals surface area contributed by atoms with Gasteiger partial charge in [-0.15, -0.1) is 0 Å². The van der Waals surface area contributed by atoms with Crippen LogP contribution in [0.5, 0.6) is 0 Å². The van der Waals surface area contributed by atoms with Gasteiger partial charge in [-0.2, -0.15) is 0 Å². The van der Waals surface area contributed by atoms with Gasteiger partial charge in [-0.05, 0) is 12.8 Å². The van der Waals surface area contributed by atoms with Crippen LogP contribution < -0.4 is 5.32 Å². The first kappa shape index (κ1) is 63.1. The molecule has 12 N–H and O–H groups in total. The van der Waals surface area contributed by atoms with E-state index in [0.29, 0.717) is 12.8 Å². The van der Waals surface area contributed by atoms with E-state index < -0.39 is 124 Å². The quantitative estimate of drug-likeness (QED) is 0.0394. The number of unbranched alkanes of at least 4 members (excludes halogenated alkanes) is 23. The highest BCUT2D eigenvalue weighted by molar-refractivity contribution is 5.76. The second-order valence-corrected chi connectivity index (χ2v) is 20.1. The van der Waals surface area contributed by atoms with Crippen LogP contribution in [-0.2, 0) is 33.2 Å². The van der Waals surface area contributed by atoms with Crippen molar-refractivity contribution in [1.82, 2.24) is 5.32 Å². The zero-order valence-corrected chi connectivity index (χ0v) is 42.5. The van der Waals surface area contributed by atoms with Crippen molar-refractivity contribution in [2.45, 2.75) is 291 Å². The summed E-state index contributed by atoms with van der Waals surface area (Å²) < 4.78 is 34.0. The molecule has 3 aliphatic rings. The van der Waals surface area contributed by atoms with Crippen molar-refractivity contribution >= 4 is 5.91 Å². The molecule has 3 saturated heterocycles. The molecule has 3 aliphatic heterocycles. The molecule has 414 valence electrons. The number of carbonyl (C=O) groups excluding carboxylic acids is 1. The number of amides is 1. The average Bonchev–Trinajstić information content (AvgIpc) is 3.35. The van der Waals surface area contributed by atoms with E-state index >= 15 is 0 Å². The van der Waals surface area contributed by atoms with Gasteiger partial charge in [0.05, 0.1) is 38.6 Å². The molecule has 19 nitrogen and oxygen atoms in total. The fourth-order valence-electron chi connectivity index (χ4n) is 9.61. The van der Waals surface area contributed by atoms with Gasteiger partial charge in [0, 0.05) is 6.42 Å². The van der Waals surface area contributed by atoms with Gasteiger partial charge in [0.15, 0.2) is 18.9 Å². The maximum atomic E-state index is 12.9. The van der Waals surface area contributed by atoms with Crippen LogP contribution >= 0.6 is 0 Å². The van der Waals surface area contributed by atoms with Gasteiger partial charge in [-0.3, -0.25) is 4.79 Å². The van der Waals surface area contributed by atoms with Crippen molar-refractivity contribution in [3.63, 3.8) is 0 Å². The maximum absolute atomic E-state index is 12.9. The standard InChI is InChI=1S/C51H97NO18/c1-3-5-7-8-9-10-11-12-13-14-15-16-17-18-19-20-21-22-23-24-25-27-28-35(56)34(52-39(57)29-26-6-4-2)33-65-49-45(63)42(60)47(37(31-54)67-49)70-51-46(64)43(61)48(38(32-55)68-51)69-50-44(62)41(59)40(58)36(30-53)66-50/h34-38,40-51,53-56,58-64H,3-33H2,1-2H3,(H,52,57). The number of ether oxygens (including phenoxy) is 6. The molecular weight excluding hydrogens is 915 g/mol. The van der Waals surface area contributed by atoms with Crippen LogP contribution in [0.1, 0.15) is 187 Å². The monoisotopic (exact) mass is 1010 g/mol. The predicted molar refractivity (Wildman–Crippen MR) is 259 cm³/mol. The third-order valence-electron chi connectivity index (χ3n) is 14.2. The zero-order chi connectivity index (χ0) is 51.3. The highest BCUT2D eigenvalue weighted by atomic mass is 16.8. The van der Waals surface area contributed by atoms with E-state index in [4.69, 9.17) is 28.4 Å². The lowest BCUT2D eigenvalue weighted by Gasteiger charge is -2.48. The van der Waals surface area contributed by atoms with E-state index in [0.717, 1.165) is 38.5 Å². The number of aliphatic hydroxyl groups excluding tert-OH is 11. The van der Waals surface area contributed by atoms with Crippen LogP contribution in [0, 0.1) is 0 Å². The molecule has 3 fully saturated rings. The van der Waals surface area contributed by atoms with Crippen molar-refractivity contribution in [2.75, 3.05) is 26.4 Å². The molecule has 3 heterocycles. The van der Waals surface area contributed by atoms with Crippen LogP contribution in [0.15, 0.2) is 0 Å². The lowest BCUT2D eigenvalue weighted by molar-refractivity contribution is -0.379. The van der Waals surface area contributed by atoms with Crippen LogP contribution in [0.4, 0.5) is 0 Å². The van der Waals surface area contributed by atoms with Crippen molar-refractivity contribution in [2.24, 2.45) is 0 Å². The highest BCUT2D eigenvalue weighted by Gasteiger charge is 2.53. The topological polar surface area (TPSA) is 307 Å². The molecular formula is C51H97NO18. The second kappa shape index (κ2) is 36.7. The van der Waals surface area contributed by atoms with E-state index in [9.17, 15) is 61.0 Å². The maximum Gasteiger partial charge on any atom is 0.220 e. The molecule has 0 aromatic heterocycles. The third-order valence-corrected chi connectivity index (χ3v) is 14.2. The first-order valence-corrected chi connectivity index (χ1v) is 27.3. The first-order chi connectivity index (χ1) is 33.8. The van der Waals surface area contributed by atoms with E-state index in [2.05, 4.69) is 12.2 Å². The van der Waals surface area contributed by atoms with Crippen LogP contribution in [0.25, 0.3) is 0 Å². The number of aliphatic hydroxyl groups is 11. The zero-order valence-electron chi connectivity index (χ0n) is 42.5. The van der Waals surface area contributed by atoms with Crippen molar-refractivity contribution in [3.8, 4) is 0 Å². The van der Waals surface area contributed by atoms with Crippen molar-refractivity contribution < 1.29 is 89.4 Å². The normalized spacial score (nSPS) is 32.5. The minimum Gasteiger partial charge on any atom is -0.394 e. The number of hydrogen-bond donors (Lipinski definition) is 12. The summed E-state index contributed by atoms with van der Waals surface area (Å²) in [7, 11) is 0. The number of carbonyl (C=O) groups is 1. The molecule has 0 aromatic rings. The SMILES string of the molecule is CCCCCCCCCCCCCCCCCCCCCCCCC(O)C(COC1OC(CO)C(OC2OC(CO)C(OC3OC(CO)C(O)C(O)C3O)C(O)C2O)C(O)C1O)NC(=O)CCCCC. The van der Waals surface area contributed by atoms with E-state index in [1.807, 2.05) is 6.92 Å². The van der Waals surface area contributed by atoms with Crippen LogP contribution in [0.3, 0.4) is 0 Å². The number of rotatable bonds is 39. The van der Waals surface area contributed by atoms with Crippen LogP contribution in [0.2, 0.25) is 0 Å². The van der Waals surface area contributed by atoms with Crippen molar-refractivity contribution in [1.29, 1.82) is 0 Å². The predicted octanol–water partition coefficient (Wildman–Crippen LogP) is 2.87. The summed E-state index contributed by atoms with van der Waals surface area (Å²) in [6, 6.07) is -0.876. The summed E-state index contributed by atoms with van der Waals surface area (Å²) in [4.78, 5) is 12.9. The fraction of sp³-hybridized carbons (Fsp3) is 0.980. The summed E-state index contributed by atoms with van der Waals surface area (Å²) in [6.07, 6.45) is 4.70. The summed E-state index contributed by atoms with van der Waals surface area (Å²) >= 11 is 0. The number of nitrogens with one attached hydrogen (secondary N) is 1.